The van der Waals surface area contributed by atoms with Crippen molar-refractivity contribution >= 4 is 11.6 Å². The van der Waals surface area contributed by atoms with E-state index in [2.05, 4.69) is 27.5 Å². The average molecular weight is 220 g/mol. The van der Waals surface area contributed by atoms with Crippen molar-refractivity contribution in [2.45, 2.75) is 32.6 Å². The van der Waals surface area contributed by atoms with E-state index in [1.54, 1.807) is 0 Å². The minimum absolute atomic E-state index is 0.868. The zero-order valence-electron chi connectivity index (χ0n) is 10.1. The fourth-order valence-corrected chi connectivity index (χ4v) is 1.68. The molecule has 0 atom stereocenters. The monoisotopic (exact) mass is 220 g/mol. The molecule has 1 aromatic heterocycles. The third-order valence-electron chi connectivity index (χ3n) is 2.90. The van der Waals surface area contributed by atoms with Gasteiger partial charge in [-0.1, -0.05) is 19.8 Å². The molecule has 0 saturated heterocycles. The van der Waals surface area contributed by atoms with Gasteiger partial charge in [-0.2, -0.15) is 0 Å². The summed E-state index contributed by atoms with van der Waals surface area (Å²) in [7, 11) is 1.88. The van der Waals surface area contributed by atoms with Crippen molar-refractivity contribution in [2.75, 3.05) is 24.2 Å². The summed E-state index contributed by atoms with van der Waals surface area (Å²) in [5.41, 5.74) is 0. The SMILES string of the molecule is CCc1nc(NC)cc(NCCC2CC2)n1. The lowest BCUT2D eigenvalue weighted by Gasteiger charge is -2.08. The van der Waals surface area contributed by atoms with Crippen LogP contribution in [-0.2, 0) is 6.42 Å². The first kappa shape index (κ1) is 11.2. The topological polar surface area (TPSA) is 49.8 Å². The fraction of sp³-hybridized carbons (Fsp3) is 0.667. The average Bonchev–Trinajstić information content (AvgIpc) is 3.12. The van der Waals surface area contributed by atoms with Crippen molar-refractivity contribution in [2.24, 2.45) is 5.92 Å². The van der Waals surface area contributed by atoms with Crippen LogP contribution in [0.4, 0.5) is 11.6 Å². The van der Waals surface area contributed by atoms with Crippen LogP contribution in [0.1, 0.15) is 32.0 Å². The number of anilines is 2. The summed E-state index contributed by atoms with van der Waals surface area (Å²) in [6.07, 6.45) is 4.95. The van der Waals surface area contributed by atoms with E-state index in [1.165, 1.54) is 19.3 Å². The van der Waals surface area contributed by atoms with Gasteiger partial charge in [0.15, 0.2) is 0 Å². The van der Waals surface area contributed by atoms with Gasteiger partial charge in [0.05, 0.1) is 0 Å². The number of hydrogen-bond acceptors (Lipinski definition) is 4. The van der Waals surface area contributed by atoms with Gasteiger partial charge < -0.3 is 10.6 Å². The van der Waals surface area contributed by atoms with Crippen molar-refractivity contribution in [3.05, 3.63) is 11.9 Å². The van der Waals surface area contributed by atoms with Gasteiger partial charge in [0.1, 0.15) is 17.5 Å². The molecule has 0 aliphatic heterocycles. The predicted molar refractivity (Wildman–Crippen MR) is 66.8 cm³/mol. The molecule has 4 nitrogen and oxygen atoms in total. The highest BCUT2D eigenvalue weighted by Crippen LogP contribution is 2.32. The first-order valence-electron chi connectivity index (χ1n) is 6.11. The molecule has 1 fully saturated rings. The summed E-state index contributed by atoms with van der Waals surface area (Å²) in [5.74, 6) is 3.68. The largest absolute Gasteiger partial charge is 0.373 e. The summed E-state index contributed by atoms with van der Waals surface area (Å²) in [6, 6.07) is 1.96. The van der Waals surface area contributed by atoms with Crippen LogP contribution in [0.15, 0.2) is 6.07 Å². The number of aryl methyl sites for hydroxylation is 1. The van der Waals surface area contributed by atoms with Gasteiger partial charge in [-0.05, 0) is 12.3 Å². The van der Waals surface area contributed by atoms with E-state index in [9.17, 15) is 0 Å². The lowest BCUT2D eigenvalue weighted by molar-refractivity contribution is 0.757. The van der Waals surface area contributed by atoms with Crippen molar-refractivity contribution in [1.82, 2.24) is 9.97 Å². The molecule has 88 valence electrons. The number of hydrogen-bond donors (Lipinski definition) is 2. The van der Waals surface area contributed by atoms with Crippen LogP contribution >= 0.6 is 0 Å². The maximum Gasteiger partial charge on any atom is 0.132 e. The molecule has 4 heteroatoms. The third kappa shape index (κ3) is 3.08. The minimum atomic E-state index is 0.868. The summed E-state index contributed by atoms with van der Waals surface area (Å²) in [6.45, 7) is 3.09. The Morgan fingerprint density at radius 1 is 1.31 bits per heavy atom. The summed E-state index contributed by atoms with van der Waals surface area (Å²) >= 11 is 0. The molecule has 0 amide bonds. The van der Waals surface area contributed by atoms with Crippen LogP contribution in [0, 0.1) is 5.92 Å². The van der Waals surface area contributed by atoms with Crippen LogP contribution in [-0.4, -0.2) is 23.6 Å². The zero-order valence-corrected chi connectivity index (χ0v) is 10.1. The van der Waals surface area contributed by atoms with Crippen LogP contribution in [0.25, 0.3) is 0 Å². The van der Waals surface area contributed by atoms with Gasteiger partial charge in [-0.15, -0.1) is 0 Å². The Morgan fingerprint density at radius 3 is 2.69 bits per heavy atom. The number of nitrogens with zero attached hydrogens (tertiary/aromatic N) is 2. The maximum atomic E-state index is 4.45. The van der Waals surface area contributed by atoms with Crippen molar-refractivity contribution in [1.29, 1.82) is 0 Å². The molecule has 16 heavy (non-hydrogen) atoms. The Hall–Kier alpha value is -1.32. The highest BCUT2D eigenvalue weighted by Gasteiger charge is 2.20. The molecule has 0 unspecified atom stereocenters. The van der Waals surface area contributed by atoms with E-state index >= 15 is 0 Å². The van der Waals surface area contributed by atoms with E-state index in [0.717, 1.165) is 36.3 Å². The van der Waals surface area contributed by atoms with Crippen molar-refractivity contribution < 1.29 is 0 Å². The number of rotatable bonds is 6. The van der Waals surface area contributed by atoms with E-state index in [1.807, 2.05) is 13.1 Å². The summed E-state index contributed by atoms with van der Waals surface area (Å²) < 4.78 is 0. The van der Waals surface area contributed by atoms with E-state index < -0.39 is 0 Å². The Kier molecular flexibility index (Phi) is 3.59. The highest BCUT2D eigenvalue weighted by atomic mass is 15.1. The van der Waals surface area contributed by atoms with Crippen LogP contribution in [0.3, 0.4) is 0 Å². The normalized spacial score (nSPS) is 14.9. The first-order chi connectivity index (χ1) is 7.81. The van der Waals surface area contributed by atoms with Gasteiger partial charge in [-0.3, -0.25) is 0 Å². The molecule has 1 saturated carbocycles. The van der Waals surface area contributed by atoms with E-state index in [0.29, 0.717) is 0 Å². The Labute approximate surface area is 96.9 Å². The highest BCUT2D eigenvalue weighted by molar-refractivity contribution is 5.47. The molecule has 2 N–H and O–H groups in total. The van der Waals surface area contributed by atoms with E-state index in [-0.39, 0.29) is 0 Å². The lowest BCUT2D eigenvalue weighted by Crippen LogP contribution is -2.07. The smallest absolute Gasteiger partial charge is 0.132 e. The maximum absolute atomic E-state index is 4.45. The quantitative estimate of drug-likeness (QED) is 0.772. The molecular formula is C12H20N4. The number of nitrogens with one attached hydrogen (secondary N) is 2. The molecule has 1 heterocycles. The molecule has 0 aromatic carbocycles. The predicted octanol–water partition coefficient (Wildman–Crippen LogP) is 2.29. The second kappa shape index (κ2) is 5.14. The Bertz CT molecular complexity index is 325. The van der Waals surface area contributed by atoms with E-state index in [4.69, 9.17) is 0 Å². The van der Waals surface area contributed by atoms with Gasteiger partial charge in [0.25, 0.3) is 0 Å². The summed E-state index contributed by atoms with van der Waals surface area (Å²) in [5, 5.41) is 6.44. The molecule has 0 radical (unpaired) electrons. The zero-order chi connectivity index (χ0) is 11.4. The van der Waals surface area contributed by atoms with Crippen LogP contribution < -0.4 is 10.6 Å². The molecule has 1 aliphatic carbocycles. The Balaban J connectivity index is 1.94. The van der Waals surface area contributed by atoms with Crippen LogP contribution in [0.2, 0.25) is 0 Å². The lowest BCUT2D eigenvalue weighted by atomic mass is 10.3. The van der Waals surface area contributed by atoms with Crippen LogP contribution in [0.5, 0.6) is 0 Å². The second-order valence-corrected chi connectivity index (χ2v) is 4.32. The molecular weight excluding hydrogens is 200 g/mol. The molecule has 1 aliphatic rings. The van der Waals surface area contributed by atoms with Gasteiger partial charge in [-0.25, -0.2) is 9.97 Å². The third-order valence-corrected chi connectivity index (χ3v) is 2.90. The van der Waals surface area contributed by atoms with Crippen molar-refractivity contribution in [3.63, 3.8) is 0 Å². The summed E-state index contributed by atoms with van der Waals surface area (Å²) in [4.78, 5) is 8.82. The van der Waals surface area contributed by atoms with Gasteiger partial charge in [0, 0.05) is 26.1 Å². The number of aromatic nitrogens is 2. The molecule has 0 bridgehead atoms. The van der Waals surface area contributed by atoms with Crippen molar-refractivity contribution in [3.8, 4) is 0 Å². The Morgan fingerprint density at radius 2 is 2.06 bits per heavy atom. The minimum Gasteiger partial charge on any atom is -0.373 e. The first-order valence-corrected chi connectivity index (χ1v) is 6.11. The van der Waals surface area contributed by atoms with Gasteiger partial charge >= 0.3 is 0 Å². The fourth-order valence-electron chi connectivity index (χ4n) is 1.68. The molecule has 0 spiro atoms. The second-order valence-electron chi connectivity index (χ2n) is 4.32. The standard InChI is InChI=1S/C12H20N4/c1-3-10-15-11(13-2)8-12(16-10)14-7-6-9-4-5-9/h8-9H,3-7H2,1-2H3,(H2,13,14,15,16). The molecule has 1 aromatic rings. The van der Waals surface area contributed by atoms with Gasteiger partial charge in [0.2, 0.25) is 0 Å². The molecule has 2 rings (SSSR count).